The Labute approximate surface area is 332 Å². The maximum absolute atomic E-state index is 12.6. The second-order valence-corrected chi connectivity index (χ2v) is 16.1. The summed E-state index contributed by atoms with van der Waals surface area (Å²) in [5.41, 5.74) is 5.36. The number of phosphoric ester groups is 1. The number of rotatable bonds is 42. The van der Waals surface area contributed by atoms with Gasteiger partial charge in [-0.3, -0.25) is 13.8 Å². The van der Waals surface area contributed by atoms with E-state index in [-0.39, 0.29) is 38.8 Å². The van der Waals surface area contributed by atoms with Crippen LogP contribution in [0.3, 0.4) is 0 Å². The van der Waals surface area contributed by atoms with Crippen molar-refractivity contribution in [1.82, 2.24) is 0 Å². The summed E-state index contributed by atoms with van der Waals surface area (Å²) in [5, 5.41) is 0. The first-order valence-corrected chi connectivity index (χ1v) is 23.7. The third-order valence-corrected chi connectivity index (χ3v) is 10.3. The van der Waals surface area contributed by atoms with E-state index in [9.17, 15) is 14.3 Å². The average Bonchev–Trinajstić information content (AvgIpc) is 3.16. The first kappa shape index (κ1) is 52.3. The second-order valence-electron chi connectivity index (χ2n) is 14.6. The largest absolute Gasteiger partial charge is 0.498 e. The Hall–Kier alpha value is -1.70. The van der Waals surface area contributed by atoms with Gasteiger partial charge in [-0.25, -0.2) is 4.57 Å². The molecule has 0 aromatic carbocycles. The molecule has 0 aliphatic rings. The monoisotopic (exact) mass is 782 g/mol. The van der Waals surface area contributed by atoms with Crippen LogP contribution in [0.4, 0.5) is 0 Å². The number of unbranched alkanes of at least 4 members (excludes halogenated alkanes) is 23. The lowest BCUT2D eigenvalue weighted by atomic mass is 10.0. The van der Waals surface area contributed by atoms with Crippen molar-refractivity contribution in [3.63, 3.8) is 0 Å². The van der Waals surface area contributed by atoms with Gasteiger partial charge in [0.15, 0.2) is 6.10 Å². The van der Waals surface area contributed by atoms with E-state index in [1.807, 2.05) is 6.08 Å². The van der Waals surface area contributed by atoms with Gasteiger partial charge in [-0.1, -0.05) is 172 Å². The van der Waals surface area contributed by atoms with Crippen molar-refractivity contribution in [2.45, 2.75) is 206 Å². The summed E-state index contributed by atoms with van der Waals surface area (Å²) in [5.74, 6) is -0.373. The van der Waals surface area contributed by atoms with E-state index in [4.69, 9.17) is 24.3 Å². The molecule has 0 saturated carbocycles. The lowest BCUT2D eigenvalue weighted by Gasteiger charge is -2.19. The molecule has 0 heterocycles. The fraction of sp³-hybridized carbons (Fsp3) is 0.800. The van der Waals surface area contributed by atoms with E-state index in [0.717, 1.165) is 57.8 Å². The van der Waals surface area contributed by atoms with Gasteiger partial charge in [0.05, 0.1) is 19.5 Å². The molecule has 2 atom stereocenters. The molecule has 0 aromatic heterocycles. The molecule has 0 saturated heterocycles. The first-order valence-electron chi connectivity index (χ1n) is 22.2. The highest BCUT2D eigenvalue weighted by atomic mass is 31.2. The fourth-order valence-corrected chi connectivity index (χ4v) is 6.79. The minimum atomic E-state index is -4.30. The summed E-state index contributed by atoms with van der Waals surface area (Å²) in [7, 11) is -4.30. The summed E-state index contributed by atoms with van der Waals surface area (Å²) in [4.78, 5) is 22.5. The van der Waals surface area contributed by atoms with Gasteiger partial charge < -0.3 is 20.1 Å². The molecule has 0 aromatic rings. The zero-order valence-corrected chi connectivity index (χ0v) is 35.8. The molecular weight excluding hydrogens is 697 g/mol. The smallest absolute Gasteiger partial charge is 0.472 e. The Balaban J connectivity index is 4.11. The van der Waals surface area contributed by atoms with Crippen LogP contribution < -0.4 is 5.73 Å². The molecule has 3 N–H and O–H groups in total. The van der Waals surface area contributed by atoms with Gasteiger partial charge in [0.25, 0.3) is 0 Å². The Morgan fingerprint density at radius 1 is 0.574 bits per heavy atom. The molecule has 0 fully saturated rings. The van der Waals surface area contributed by atoms with Gasteiger partial charge in [0, 0.05) is 13.0 Å². The van der Waals surface area contributed by atoms with Gasteiger partial charge in [-0.05, 0) is 63.9 Å². The van der Waals surface area contributed by atoms with Crippen LogP contribution in [-0.4, -0.2) is 43.3 Å². The van der Waals surface area contributed by atoms with E-state index < -0.39 is 13.9 Å². The van der Waals surface area contributed by atoms with Crippen LogP contribution in [0.15, 0.2) is 48.8 Å². The molecule has 54 heavy (non-hydrogen) atoms. The van der Waals surface area contributed by atoms with Crippen LogP contribution in [0.5, 0.6) is 0 Å². The zero-order valence-electron chi connectivity index (χ0n) is 35.0. The average molecular weight is 782 g/mol. The van der Waals surface area contributed by atoms with Crippen molar-refractivity contribution in [2.75, 3.05) is 26.4 Å². The zero-order chi connectivity index (χ0) is 39.5. The summed E-state index contributed by atoms with van der Waals surface area (Å²) < 4.78 is 33.2. The number of allylic oxidation sites excluding steroid dienone is 7. The van der Waals surface area contributed by atoms with Crippen molar-refractivity contribution < 1.29 is 32.8 Å². The van der Waals surface area contributed by atoms with Gasteiger partial charge in [0.2, 0.25) is 0 Å². The topological polar surface area (TPSA) is 117 Å². The quantitative estimate of drug-likeness (QED) is 0.0207. The molecule has 8 nitrogen and oxygen atoms in total. The van der Waals surface area contributed by atoms with Crippen LogP contribution in [0.25, 0.3) is 0 Å². The number of ether oxygens (including phenoxy) is 2. The SMILES string of the molecule is CCCCC/C=C\C/C=C\C/C=C\CCCCCCC(=O)O[C@H](CO/C=C\CCCCCCCCCCCCCCCCCC)COP(=O)(O)OCCN. The summed E-state index contributed by atoms with van der Waals surface area (Å²) >= 11 is 0. The number of carbonyl (C=O) groups excluding carboxylic acids is 1. The number of phosphoric acid groups is 1. The molecule has 0 rings (SSSR count). The molecule has 0 bridgehead atoms. The molecule has 0 radical (unpaired) electrons. The van der Waals surface area contributed by atoms with Gasteiger partial charge in [0.1, 0.15) is 6.61 Å². The molecular formula is C45H84NO7P. The lowest BCUT2D eigenvalue weighted by Crippen LogP contribution is -2.27. The lowest BCUT2D eigenvalue weighted by molar-refractivity contribution is -0.153. The van der Waals surface area contributed by atoms with Gasteiger partial charge in [-0.15, -0.1) is 0 Å². The van der Waals surface area contributed by atoms with Gasteiger partial charge in [-0.2, -0.15) is 0 Å². The van der Waals surface area contributed by atoms with E-state index in [1.54, 1.807) is 6.26 Å². The van der Waals surface area contributed by atoms with Crippen molar-refractivity contribution in [3.8, 4) is 0 Å². The van der Waals surface area contributed by atoms with Crippen LogP contribution >= 0.6 is 7.82 Å². The van der Waals surface area contributed by atoms with Crippen LogP contribution in [0.2, 0.25) is 0 Å². The Bertz CT molecular complexity index is 968. The molecule has 0 spiro atoms. The van der Waals surface area contributed by atoms with Crippen molar-refractivity contribution in [1.29, 1.82) is 0 Å². The molecule has 316 valence electrons. The third-order valence-electron chi connectivity index (χ3n) is 9.31. The van der Waals surface area contributed by atoms with Crippen molar-refractivity contribution in [3.05, 3.63) is 48.8 Å². The van der Waals surface area contributed by atoms with Crippen molar-refractivity contribution >= 4 is 13.8 Å². The van der Waals surface area contributed by atoms with Gasteiger partial charge >= 0.3 is 13.8 Å². The Morgan fingerprint density at radius 2 is 1.00 bits per heavy atom. The van der Waals surface area contributed by atoms with E-state index >= 15 is 0 Å². The number of hydrogen-bond acceptors (Lipinski definition) is 7. The fourth-order valence-electron chi connectivity index (χ4n) is 6.03. The highest BCUT2D eigenvalue weighted by Crippen LogP contribution is 2.43. The minimum Gasteiger partial charge on any atom is -0.498 e. The molecule has 0 aliphatic heterocycles. The first-order chi connectivity index (χ1) is 26.4. The Kier molecular flexibility index (Phi) is 41.1. The van der Waals surface area contributed by atoms with E-state index in [0.29, 0.717) is 0 Å². The normalized spacial score (nSPS) is 13.9. The standard InChI is InChI=1S/C45H84NO7P/c1-3-5-7-9-11-13-15-17-19-21-23-25-27-29-31-33-35-37-40-50-42-44(43-52-54(48,49)51-41-39-46)53-45(47)38-36-34-32-30-28-26-24-22-20-18-16-14-12-10-8-6-4-2/h12,14,18,20,24,26,37,40,44H,3-11,13,15-17,19,21-23,25,27-36,38-39,41-43,46H2,1-2H3,(H,48,49)/b14-12-,20-18-,26-24-,40-37-/t44-/m1/s1. The molecule has 1 unspecified atom stereocenters. The summed E-state index contributed by atoms with van der Waals surface area (Å²) in [6.45, 7) is 4.20. The van der Waals surface area contributed by atoms with Crippen molar-refractivity contribution in [2.24, 2.45) is 5.73 Å². The van der Waals surface area contributed by atoms with Crippen LogP contribution in [0.1, 0.15) is 200 Å². The summed E-state index contributed by atoms with van der Waals surface area (Å²) in [6.07, 6.45) is 50.8. The second kappa shape index (κ2) is 42.4. The molecule has 0 aliphatic carbocycles. The molecule has 9 heteroatoms. The predicted octanol–water partition coefficient (Wildman–Crippen LogP) is 13.5. The number of carbonyl (C=O) groups is 1. The van der Waals surface area contributed by atoms with E-state index in [1.165, 1.54) is 122 Å². The maximum Gasteiger partial charge on any atom is 0.472 e. The minimum absolute atomic E-state index is 0.0232. The highest BCUT2D eigenvalue weighted by molar-refractivity contribution is 7.47. The Morgan fingerprint density at radius 3 is 1.52 bits per heavy atom. The highest BCUT2D eigenvalue weighted by Gasteiger charge is 2.25. The third kappa shape index (κ3) is 41.5. The van der Waals surface area contributed by atoms with Crippen LogP contribution in [-0.2, 0) is 27.9 Å². The van der Waals surface area contributed by atoms with E-state index in [2.05, 4.69) is 50.3 Å². The molecule has 0 amide bonds. The maximum atomic E-state index is 12.6. The predicted molar refractivity (Wildman–Crippen MR) is 228 cm³/mol. The summed E-state index contributed by atoms with van der Waals surface area (Å²) in [6, 6.07) is 0. The number of esters is 1. The van der Waals surface area contributed by atoms with Crippen LogP contribution in [0, 0.1) is 0 Å². The number of hydrogen-bond donors (Lipinski definition) is 2. The number of nitrogens with two attached hydrogens (primary N) is 1.